The number of nitrogens with one attached hydrogen (secondary N) is 2. The molecule has 0 atom stereocenters. The van der Waals surface area contributed by atoms with Crippen LogP contribution in [-0.4, -0.2) is 39.9 Å². The van der Waals surface area contributed by atoms with Crippen molar-refractivity contribution in [2.24, 2.45) is 0 Å². The molecule has 32 heavy (non-hydrogen) atoms. The third-order valence-electron chi connectivity index (χ3n) is 4.92. The molecule has 1 amide bonds. The van der Waals surface area contributed by atoms with Gasteiger partial charge in [0.2, 0.25) is 0 Å². The summed E-state index contributed by atoms with van der Waals surface area (Å²) in [5.41, 5.74) is 2.91. The van der Waals surface area contributed by atoms with Gasteiger partial charge in [0.15, 0.2) is 0 Å². The lowest BCUT2D eigenvalue weighted by Gasteiger charge is -2.12. The van der Waals surface area contributed by atoms with Crippen LogP contribution in [0, 0.1) is 12.7 Å². The Kier molecular flexibility index (Phi) is 7.27. The molecule has 3 rings (SSSR count). The first kappa shape index (κ1) is 23.4. The van der Waals surface area contributed by atoms with E-state index in [4.69, 9.17) is 0 Å². The molecule has 0 aliphatic heterocycles. The SMILES string of the molecule is Cc1ccc(S(=O)(=O)Nc2ccc(F)cc2)cc1C(=O)Nc1ccc(CCN(C)C)cc1. The van der Waals surface area contributed by atoms with Gasteiger partial charge in [-0.2, -0.15) is 0 Å². The molecule has 8 heteroatoms. The van der Waals surface area contributed by atoms with E-state index in [9.17, 15) is 17.6 Å². The van der Waals surface area contributed by atoms with Gasteiger partial charge in [0, 0.05) is 23.5 Å². The van der Waals surface area contributed by atoms with Gasteiger partial charge in [0.05, 0.1) is 4.90 Å². The Morgan fingerprint density at radius 1 is 0.938 bits per heavy atom. The van der Waals surface area contributed by atoms with E-state index in [0.717, 1.165) is 30.7 Å². The summed E-state index contributed by atoms with van der Waals surface area (Å²) in [7, 11) is 0.0814. The predicted octanol–water partition coefficient (Wildman–Crippen LogP) is 4.29. The van der Waals surface area contributed by atoms with Gasteiger partial charge in [-0.15, -0.1) is 0 Å². The van der Waals surface area contributed by atoms with Crippen LogP contribution in [0.4, 0.5) is 15.8 Å². The van der Waals surface area contributed by atoms with E-state index in [1.807, 2.05) is 38.4 Å². The van der Waals surface area contributed by atoms with Crippen molar-refractivity contribution < 1.29 is 17.6 Å². The maximum absolute atomic E-state index is 13.1. The molecule has 0 aromatic heterocycles. The number of carbonyl (C=O) groups excluding carboxylic acids is 1. The summed E-state index contributed by atoms with van der Waals surface area (Å²) >= 11 is 0. The number of halogens is 1. The van der Waals surface area contributed by atoms with E-state index in [2.05, 4.69) is 14.9 Å². The average molecular weight is 456 g/mol. The average Bonchev–Trinajstić information content (AvgIpc) is 2.74. The van der Waals surface area contributed by atoms with Gasteiger partial charge in [-0.1, -0.05) is 18.2 Å². The maximum atomic E-state index is 13.1. The second-order valence-electron chi connectivity index (χ2n) is 7.79. The van der Waals surface area contributed by atoms with E-state index >= 15 is 0 Å². The van der Waals surface area contributed by atoms with Crippen molar-refractivity contribution in [3.63, 3.8) is 0 Å². The van der Waals surface area contributed by atoms with Crippen LogP contribution in [0.25, 0.3) is 0 Å². The number of anilines is 2. The van der Waals surface area contributed by atoms with Crippen LogP contribution >= 0.6 is 0 Å². The third-order valence-corrected chi connectivity index (χ3v) is 6.30. The van der Waals surface area contributed by atoms with Gasteiger partial charge in [0.25, 0.3) is 15.9 Å². The summed E-state index contributed by atoms with van der Waals surface area (Å²) in [4.78, 5) is 14.9. The summed E-state index contributed by atoms with van der Waals surface area (Å²) in [6, 6.07) is 16.9. The van der Waals surface area contributed by atoms with E-state index in [1.165, 1.54) is 24.3 Å². The van der Waals surface area contributed by atoms with Crippen molar-refractivity contribution in [3.05, 3.63) is 89.2 Å². The number of hydrogen-bond acceptors (Lipinski definition) is 4. The van der Waals surface area contributed by atoms with Crippen molar-refractivity contribution in [2.75, 3.05) is 30.7 Å². The van der Waals surface area contributed by atoms with Crippen LogP contribution in [0.1, 0.15) is 21.5 Å². The normalized spacial score (nSPS) is 11.4. The summed E-state index contributed by atoms with van der Waals surface area (Å²) in [5, 5.41) is 2.82. The number of sulfonamides is 1. The maximum Gasteiger partial charge on any atom is 0.261 e. The summed E-state index contributed by atoms with van der Waals surface area (Å²) in [6.07, 6.45) is 0.904. The zero-order valence-corrected chi connectivity index (χ0v) is 19.0. The highest BCUT2D eigenvalue weighted by Gasteiger charge is 2.18. The third kappa shape index (κ3) is 6.15. The Bertz CT molecular complexity index is 1190. The minimum absolute atomic E-state index is 0.0587. The van der Waals surface area contributed by atoms with E-state index < -0.39 is 21.7 Å². The molecule has 0 aliphatic carbocycles. The molecular weight excluding hydrogens is 429 g/mol. The molecule has 0 bridgehead atoms. The summed E-state index contributed by atoms with van der Waals surface area (Å²) in [5.74, 6) is -0.865. The van der Waals surface area contributed by atoms with Crippen molar-refractivity contribution in [2.45, 2.75) is 18.2 Å². The highest BCUT2D eigenvalue weighted by atomic mass is 32.2. The molecule has 2 N–H and O–H groups in total. The summed E-state index contributed by atoms with van der Waals surface area (Å²) < 4.78 is 40.9. The van der Waals surface area contributed by atoms with Gasteiger partial charge in [-0.05, 0) is 87.1 Å². The quantitative estimate of drug-likeness (QED) is 0.531. The fraction of sp³-hybridized carbons (Fsp3) is 0.208. The Morgan fingerprint density at radius 3 is 2.19 bits per heavy atom. The van der Waals surface area contributed by atoms with Gasteiger partial charge in [-0.25, -0.2) is 12.8 Å². The zero-order valence-electron chi connectivity index (χ0n) is 18.2. The molecule has 0 fully saturated rings. The Balaban J connectivity index is 1.76. The highest BCUT2D eigenvalue weighted by Crippen LogP contribution is 2.21. The molecule has 6 nitrogen and oxygen atoms in total. The molecule has 0 heterocycles. The molecule has 0 aliphatic rings. The summed E-state index contributed by atoms with van der Waals surface area (Å²) in [6.45, 7) is 2.67. The van der Waals surface area contributed by atoms with E-state index in [0.29, 0.717) is 11.3 Å². The van der Waals surface area contributed by atoms with Crippen molar-refractivity contribution in [1.82, 2.24) is 4.90 Å². The largest absolute Gasteiger partial charge is 0.322 e. The Morgan fingerprint density at radius 2 is 1.56 bits per heavy atom. The molecule has 0 saturated heterocycles. The molecule has 3 aromatic carbocycles. The molecule has 0 spiro atoms. The van der Waals surface area contributed by atoms with Gasteiger partial charge < -0.3 is 10.2 Å². The molecular formula is C24H26FN3O3S. The van der Waals surface area contributed by atoms with Crippen molar-refractivity contribution in [1.29, 1.82) is 0 Å². The lowest BCUT2D eigenvalue weighted by molar-refractivity contribution is 0.102. The lowest BCUT2D eigenvalue weighted by atomic mass is 10.1. The number of hydrogen-bond donors (Lipinski definition) is 2. The van der Waals surface area contributed by atoms with Crippen LogP contribution in [-0.2, 0) is 16.4 Å². The smallest absolute Gasteiger partial charge is 0.261 e. The number of rotatable bonds is 8. The van der Waals surface area contributed by atoms with Crippen LogP contribution in [0.3, 0.4) is 0 Å². The minimum atomic E-state index is -3.95. The fourth-order valence-corrected chi connectivity index (χ4v) is 4.14. The van der Waals surface area contributed by atoms with Gasteiger partial charge >= 0.3 is 0 Å². The van der Waals surface area contributed by atoms with E-state index in [-0.39, 0.29) is 16.1 Å². The standard InChI is InChI=1S/C24H26FN3O3S/c1-17-4-13-22(32(30,31)27-21-11-7-19(25)8-12-21)16-23(17)24(29)26-20-9-5-18(6-10-20)14-15-28(2)3/h4-13,16,27H,14-15H2,1-3H3,(H,26,29). The van der Waals surface area contributed by atoms with Crippen LogP contribution < -0.4 is 10.0 Å². The van der Waals surface area contributed by atoms with Crippen LogP contribution in [0.5, 0.6) is 0 Å². The number of amides is 1. The van der Waals surface area contributed by atoms with Crippen LogP contribution in [0.2, 0.25) is 0 Å². The van der Waals surface area contributed by atoms with Crippen molar-refractivity contribution >= 4 is 27.3 Å². The minimum Gasteiger partial charge on any atom is -0.322 e. The number of aryl methyl sites for hydroxylation is 1. The molecule has 3 aromatic rings. The first-order chi connectivity index (χ1) is 15.1. The first-order valence-electron chi connectivity index (χ1n) is 10.1. The van der Waals surface area contributed by atoms with Gasteiger partial charge in [-0.3, -0.25) is 9.52 Å². The Hall–Kier alpha value is -3.23. The molecule has 0 radical (unpaired) electrons. The number of likely N-dealkylation sites (N-methyl/N-ethyl adjacent to an activating group) is 1. The zero-order chi connectivity index (χ0) is 23.3. The number of carbonyl (C=O) groups is 1. The van der Waals surface area contributed by atoms with Gasteiger partial charge in [0.1, 0.15) is 5.82 Å². The molecule has 168 valence electrons. The number of nitrogens with zero attached hydrogens (tertiary/aromatic N) is 1. The first-order valence-corrected chi connectivity index (χ1v) is 11.6. The molecule has 0 unspecified atom stereocenters. The van der Waals surface area contributed by atoms with Crippen molar-refractivity contribution in [3.8, 4) is 0 Å². The van der Waals surface area contributed by atoms with E-state index in [1.54, 1.807) is 13.0 Å². The predicted molar refractivity (Wildman–Crippen MR) is 125 cm³/mol. The number of benzene rings is 3. The Labute approximate surface area is 188 Å². The monoisotopic (exact) mass is 455 g/mol. The topological polar surface area (TPSA) is 78.5 Å². The fourth-order valence-electron chi connectivity index (χ4n) is 3.05. The second kappa shape index (κ2) is 9.93. The lowest BCUT2D eigenvalue weighted by Crippen LogP contribution is -2.17. The second-order valence-corrected chi connectivity index (χ2v) is 9.48. The highest BCUT2D eigenvalue weighted by molar-refractivity contribution is 7.92. The van der Waals surface area contributed by atoms with Crippen LogP contribution in [0.15, 0.2) is 71.6 Å². The molecule has 0 saturated carbocycles.